The molecular formula is C10H10ClN3O3. The van der Waals surface area contributed by atoms with Gasteiger partial charge in [0, 0.05) is 30.5 Å². The van der Waals surface area contributed by atoms with Crippen LogP contribution in [0.2, 0.25) is 5.02 Å². The summed E-state index contributed by atoms with van der Waals surface area (Å²) in [5, 5.41) is 13.7. The molecule has 1 aromatic rings. The molecule has 1 amide bonds. The molecular weight excluding hydrogens is 246 g/mol. The number of nitrogens with one attached hydrogen (secondary N) is 1. The highest BCUT2D eigenvalue weighted by Crippen LogP contribution is 2.36. The number of amides is 1. The molecule has 1 aliphatic rings. The summed E-state index contributed by atoms with van der Waals surface area (Å²) in [5.41, 5.74) is 6.28. The van der Waals surface area contributed by atoms with Crippen molar-refractivity contribution in [1.82, 2.24) is 5.32 Å². The van der Waals surface area contributed by atoms with Gasteiger partial charge in [-0.05, 0) is 6.07 Å². The highest BCUT2D eigenvalue weighted by atomic mass is 35.5. The highest BCUT2D eigenvalue weighted by molar-refractivity contribution is 6.33. The molecule has 7 heteroatoms. The van der Waals surface area contributed by atoms with E-state index < -0.39 is 4.92 Å². The van der Waals surface area contributed by atoms with Crippen LogP contribution in [0, 0.1) is 10.1 Å². The minimum absolute atomic E-state index is 0.0919. The first-order chi connectivity index (χ1) is 7.99. The first kappa shape index (κ1) is 11.7. The number of nitro groups is 1. The minimum atomic E-state index is -0.510. The SMILES string of the molecule is Nc1cc([C@@H]2CNC(=O)C2)c([N+](=O)[O-])cc1Cl. The number of carbonyl (C=O) groups is 1. The van der Waals surface area contributed by atoms with Crippen LogP contribution in [0.3, 0.4) is 0 Å². The number of rotatable bonds is 2. The Kier molecular flexibility index (Phi) is 2.89. The van der Waals surface area contributed by atoms with E-state index in [9.17, 15) is 14.9 Å². The lowest BCUT2D eigenvalue weighted by Gasteiger charge is -2.10. The molecule has 90 valence electrons. The van der Waals surface area contributed by atoms with E-state index in [0.29, 0.717) is 12.1 Å². The van der Waals surface area contributed by atoms with Crippen molar-refractivity contribution in [3.8, 4) is 0 Å². The zero-order valence-electron chi connectivity index (χ0n) is 8.77. The van der Waals surface area contributed by atoms with E-state index >= 15 is 0 Å². The van der Waals surface area contributed by atoms with Gasteiger partial charge in [-0.25, -0.2) is 0 Å². The molecule has 0 aliphatic carbocycles. The van der Waals surface area contributed by atoms with Crippen molar-refractivity contribution in [3.05, 3.63) is 32.8 Å². The lowest BCUT2D eigenvalue weighted by molar-refractivity contribution is -0.385. The number of hydrogen-bond acceptors (Lipinski definition) is 4. The van der Waals surface area contributed by atoms with Gasteiger partial charge in [0.25, 0.3) is 5.69 Å². The number of anilines is 1. The highest BCUT2D eigenvalue weighted by Gasteiger charge is 2.29. The van der Waals surface area contributed by atoms with Gasteiger partial charge in [0.15, 0.2) is 0 Å². The molecule has 6 nitrogen and oxygen atoms in total. The third kappa shape index (κ3) is 2.16. The standard InChI is InChI=1S/C10H10ClN3O3/c11-7-3-9(14(16)17)6(2-8(7)12)5-1-10(15)13-4-5/h2-3,5H,1,4,12H2,(H,13,15)/t5-/m0/s1. The molecule has 1 fully saturated rings. The maximum Gasteiger partial charge on any atom is 0.274 e. The van der Waals surface area contributed by atoms with E-state index in [1.54, 1.807) is 0 Å². The first-order valence-electron chi connectivity index (χ1n) is 4.99. The predicted molar refractivity (Wildman–Crippen MR) is 62.9 cm³/mol. The summed E-state index contributed by atoms with van der Waals surface area (Å²) >= 11 is 5.75. The summed E-state index contributed by atoms with van der Waals surface area (Å²) in [6.45, 7) is 0.390. The number of halogens is 1. The van der Waals surface area contributed by atoms with E-state index in [4.69, 9.17) is 17.3 Å². The molecule has 0 radical (unpaired) electrons. The molecule has 1 aliphatic heterocycles. The maximum absolute atomic E-state index is 11.1. The molecule has 0 saturated carbocycles. The molecule has 1 heterocycles. The first-order valence-corrected chi connectivity index (χ1v) is 5.37. The Balaban J connectivity index is 2.47. The lowest BCUT2D eigenvalue weighted by Crippen LogP contribution is -2.13. The van der Waals surface area contributed by atoms with Crippen LogP contribution in [-0.4, -0.2) is 17.4 Å². The van der Waals surface area contributed by atoms with Crippen molar-refractivity contribution >= 4 is 28.9 Å². The minimum Gasteiger partial charge on any atom is -0.398 e. The average molecular weight is 256 g/mol. The zero-order chi connectivity index (χ0) is 12.6. The Morgan fingerprint density at radius 2 is 2.24 bits per heavy atom. The van der Waals surface area contributed by atoms with E-state index in [2.05, 4.69) is 5.32 Å². The molecule has 3 N–H and O–H groups in total. The van der Waals surface area contributed by atoms with Gasteiger partial charge >= 0.3 is 0 Å². The maximum atomic E-state index is 11.1. The van der Waals surface area contributed by atoms with Gasteiger partial charge in [-0.3, -0.25) is 14.9 Å². The van der Waals surface area contributed by atoms with E-state index in [0.717, 1.165) is 0 Å². The van der Waals surface area contributed by atoms with Gasteiger partial charge in [-0.1, -0.05) is 11.6 Å². The van der Waals surface area contributed by atoms with Crippen molar-refractivity contribution < 1.29 is 9.72 Å². The Hall–Kier alpha value is -1.82. The number of hydrogen-bond donors (Lipinski definition) is 2. The summed E-state index contributed by atoms with van der Waals surface area (Å²) in [5.74, 6) is -0.333. The monoisotopic (exact) mass is 255 g/mol. The third-order valence-corrected chi connectivity index (χ3v) is 3.09. The fraction of sp³-hybridized carbons (Fsp3) is 0.300. The molecule has 1 aromatic carbocycles. The van der Waals surface area contributed by atoms with Crippen LogP contribution in [0.15, 0.2) is 12.1 Å². The Morgan fingerprint density at radius 1 is 1.53 bits per heavy atom. The summed E-state index contributed by atoms with van der Waals surface area (Å²) in [6.07, 6.45) is 0.238. The molecule has 1 atom stereocenters. The van der Waals surface area contributed by atoms with Gasteiger partial charge in [0.1, 0.15) is 0 Å². The van der Waals surface area contributed by atoms with Crippen LogP contribution >= 0.6 is 11.6 Å². The molecule has 0 spiro atoms. The van der Waals surface area contributed by atoms with E-state index in [1.165, 1.54) is 12.1 Å². The molecule has 0 aromatic heterocycles. The second kappa shape index (κ2) is 4.21. The summed E-state index contributed by atoms with van der Waals surface area (Å²) in [6, 6.07) is 2.71. The van der Waals surface area contributed by atoms with Crippen LogP contribution in [0.5, 0.6) is 0 Å². The lowest BCUT2D eigenvalue weighted by atomic mass is 9.96. The van der Waals surface area contributed by atoms with Crippen LogP contribution in [-0.2, 0) is 4.79 Å². The molecule has 17 heavy (non-hydrogen) atoms. The summed E-state index contributed by atoms with van der Waals surface area (Å²) < 4.78 is 0. The second-order valence-electron chi connectivity index (χ2n) is 3.89. The van der Waals surface area contributed by atoms with E-state index in [-0.39, 0.29) is 34.6 Å². The number of benzene rings is 1. The number of nitro benzene ring substituents is 1. The number of nitrogen functional groups attached to an aromatic ring is 1. The molecule has 2 rings (SSSR count). The number of nitrogens with two attached hydrogens (primary N) is 1. The van der Waals surface area contributed by atoms with Crippen molar-refractivity contribution in [3.63, 3.8) is 0 Å². The molecule has 0 unspecified atom stereocenters. The normalized spacial score (nSPS) is 19.1. The Labute approximate surface area is 102 Å². The van der Waals surface area contributed by atoms with E-state index in [1.807, 2.05) is 0 Å². The van der Waals surface area contributed by atoms with Crippen LogP contribution in [0.25, 0.3) is 0 Å². The van der Waals surface area contributed by atoms with Gasteiger partial charge in [0.05, 0.1) is 15.6 Å². The summed E-state index contributed by atoms with van der Waals surface area (Å²) in [4.78, 5) is 21.5. The van der Waals surface area contributed by atoms with Crippen molar-refractivity contribution in [2.45, 2.75) is 12.3 Å². The smallest absolute Gasteiger partial charge is 0.274 e. The third-order valence-electron chi connectivity index (χ3n) is 2.76. The Bertz CT molecular complexity index is 504. The van der Waals surface area contributed by atoms with Crippen molar-refractivity contribution in [1.29, 1.82) is 0 Å². The van der Waals surface area contributed by atoms with Gasteiger partial charge in [-0.15, -0.1) is 0 Å². The fourth-order valence-corrected chi connectivity index (χ4v) is 2.07. The zero-order valence-corrected chi connectivity index (χ0v) is 9.53. The van der Waals surface area contributed by atoms with Crippen LogP contribution < -0.4 is 11.1 Å². The number of carbonyl (C=O) groups excluding carboxylic acids is 1. The van der Waals surface area contributed by atoms with Gasteiger partial charge in [-0.2, -0.15) is 0 Å². The largest absolute Gasteiger partial charge is 0.398 e. The van der Waals surface area contributed by atoms with Crippen LogP contribution in [0.4, 0.5) is 11.4 Å². The Morgan fingerprint density at radius 3 is 2.76 bits per heavy atom. The second-order valence-corrected chi connectivity index (χ2v) is 4.30. The number of nitrogens with zero attached hydrogens (tertiary/aromatic N) is 1. The quantitative estimate of drug-likeness (QED) is 0.474. The molecule has 1 saturated heterocycles. The topological polar surface area (TPSA) is 98.3 Å². The van der Waals surface area contributed by atoms with Crippen molar-refractivity contribution in [2.24, 2.45) is 0 Å². The van der Waals surface area contributed by atoms with Gasteiger partial charge in [0.2, 0.25) is 5.91 Å². The summed E-state index contributed by atoms with van der Waals surface area (Å²) in [7, 11) is 0. The average Bonchev–Trinajstić information content (AvgIpc) is 2.68. The van der Waals surface area contributed by atoms with Gasteiger partial charge < -0.3 is 11.1 Å². The molecule has 0 bridgehead atoms. The fourth-order valence-electron chi connectivity index (χ4n) is 1.91. The van der Waals surface area contributed by atoms with Crippen molar-refractivity contribution in [2.75, 3.05) is 12.3 Å². The predicted octanol–water partition coefficient (Wildman–Crippen LogP) is 1.43. The van der Waals surface area contributed by atoms with Crippen LogP contribution in [0.1, 0.15) is 17.9 Å².